The molecule has 2 atom stereocenters. The fourth-order valence-electron chi connectivity index (χ4n) is 3.30. The Hall–Kier alpha value is -2.14. The number of amides is 1. The van der Waals surface area contributed by atoms with Crippen LogP contribution in [0.4, 0.5) is 0 Å². The number of fused-ring (bicyclic) bond motifs is 1. The van der Waals surface area contributed by atoms with Crippen molar-refractivity contribution in [3.05, 3.63) is 52.8 Å². The first-order valence-corrected chi connectivity index (χ1v) is 8.17. The Morgan fingerprint density at radius 1 is 1.48 bits per heavy atom. The Balaban J connectivity index is 1.68. The molecule has 3 N–H and O–H groups in total. The number of aliphatic hydroxyl groups is 1. The molecule has 0 saturated carbocycles. The number of benzene rings is 1. The Morgan fingerprint density at radius 3 is 3.09 bits per heavy atom. The van der Waals surface area contributed by atoms with Gasteiger partial charge in [-0.1, -0.05) is 24.3 Å². The fraction of sp³-hybridized carbons (Fsp3) is 0.444. The number of aryl methyl sites for hydroxylation is 2. The molecule has 0 spiro atoms. The molecule has 1 amide bonds. The Kier molecular flexibility index (Phi) is 4.76. The molecule has 23 heavy (non-hydrogen) atoms. The van der Waals surface area contributed by atoms with Crippen molar-refractivity contribution in [1.29, 1.82) is 0 Å². The number of rotatable bonds is 5. The zero-order chi connectivity index (χ0) is 16.2. The summed E-state index contributed by atoms with van der Waals surface area (Å²) in [6.45, 7) is 1.98. The molecule has 1 aliphatic rings. The third-order valence-electron chi connectivity index (χ3n) is 4.66. The molecule has 0 fully saturated rings. The van der Waals surface area contributed by atoms with Crippen LogP contribution in [0.25, 0.3) is 0 Å². The van der Waals surface area contributed by atoms with Crippen molar-refractivity contribution in [2.75, 3.05) is 6.61 Å². The van der Waals surface area contributed by atoms with E-state index in [0.29, 0.717) is 6.42 Å². The van der Waals surface area contributed by atoms with Crippen molar-refractivity contribution in [2.24, 2.45) is 0 Å². The molecule has 0 radical (unpaired) electrons. The van der Waals surface area contributed by atoms with E-state index in [1.54, 1.807) is 6.20 Å². The van der Waals surface area contributed by atoms with Gasteiger partial charge in [0, 0.05) is 11.3 Å². The quantitative estimate of drug-likeness (QED) is 0.788. The number of carbonyl (C=O) groups excluding carboxylic acids is 1. The summed E-state index contributed by atoms with van der Waals surface area (Å²) < 4.78 is 0. The molecule has 3 rings (SSSR count). The maximum absolute atomic E-state index is 12.6. The van der Waals surface area contributed by atoms with Crippen LogP contribution in [0.2, 0.25) is 0 Å². The van der Waals surface area contributed by atoms with Gasteiger partial charge in [0.2, 0.25) is 5.91 Å². The van der Waals surface area contributed by atoms with Gasteiger partial charge in [0.25, 0.3) is 0 Å². The monoisotopic (exact) mass is 313 g/mol. The van der Waals surface area contributed by atoms with E-state index in [1.165, 1.54) is 5.56 Å². The average molecular weight is 313 g/mol. The first kappa shape index (κ1) is 15.7. The van der Waals surface area contributed by atoms with E-state index in [2.05, 4.69) is 15.5 Å². The summed E-state index contributed by atoms with van der Waals surface area (Å²) >= 11 is 0. The van der Waals surface area contributed by atoms with Gasteiger partial charge in [-0.05, 0) is 43.7 Å². The van der Waals surface area contributed by atoms with Crippen LogP contribution in [0.5, 0.6) is 0 Å². The summed E-state index contributed by atoms with van der Waals surface area (Å²) in [4.78, 5) is 12.6. The summed E-state index contributed by atoms with van der Waals surface area (Å²) in [6, 6.07) is 7.80. The fourth-order valence-corrected chi connectivity index (χ4v) is 3.30. The number of nitrogens with one attached hydrogen (secondary N) is 2. The second kappa shape index (κ2) is 6.96. The minimum atomic E-state index is -0.263. The van der Waals surface area contributed by atoms with E-state index in [1.807, 2.05) is 31.2 Å². The van der Waals surface area contributed by atoms with Crippen LogP contribution >= 0.6 is 0 Å². The molecule has 0 aliphatic heterocycles. The molecule has 1 aromatic heterocycles. The summed E-state index contributed by atoms with van der Waals surface area (Å²) in [5.74, 6) is -0.177. The summed E-state index contributed by atoms with van der Waals surface area (Å²) in [7, 11) is 0. The van der Waals surface area contributed by atoms with Gasteiger partial charge >= 0.3 is 0 Å². The van der Waals surface area contributed by atoms with Crippen LogP contribution in [-0.2, 0) is 17.6 Å². The van der Waals surface area contributed by atoms with E-state index in [0.717, 1.165) is 36.1 Å². The standard InChI is InChI=1S/C18H23N3O2/c1-12-5-2-3-6-13(12)9-14(11-22)20-18(23)15-7-4-8-17-16(15)10-19-21-17/h2-3,5-6,10,14-15,22H,4,7-9,11H2,1H3,(H,19,21)(H,20,23). The molecule has 0 bridgehead atoms. The molecular weight excluding hydrogens is 290 g/mol. The highest BCUT2D eigenvalue weighted by atomic mass is 16.3. The number of hydrogen-bond acceptors (Lipinski definition) is 3. The lowest BCUT2D eigenvalue weighted by Crippen LogP contribution is -2.42. The molecule has 0 saturated heterocycles. The number of aromatic nitrogens is 2. The second-order valence-electron chi connectivity index (χ2n) is 6.27. The van der Waals surface area contributed by atoms with Gasteiger partial charge < -0.3 is 10.4 Å². The normalized spacial score (nSPS) is 18.3. The molecule has 1 heterocycles. The molecule has 1 aliphatic carbocycles. The minimum absolute atomic E-state index is 0.0139. The second-order valence-corrected chi connectivity index (χ2v) is 6.27. The van der Waals surface area contributed by atoms with E-state index in [-0.39, 0.29) is 24.5 Å². The van der Waals surface area contributed by atoms with Crippen LogP contribution in [0.1, 0.15) is 41.1 Å². The maximum atomic E-state index is 12.6. The SMILES string of the molecule is Cc1ccccc1CC(CO)NC(=O)C1CCCc2[nH]ncc21. The maximum Gasteiger partial charge on any atom is 0.227 e. The van der Waals surface area contributed by atoms with E-state index < -0.39 is 0 Å². The molecule has 122 valence electrons. The predicted octanol–water partition coefficient (Wildman–Crippen LogP) is 1.86. The van der Waals surface area contributed by atoms with E-state index >= 15 is 0 Å². The van der Waals surface area contributed by atoms with Gasteiger partial charge in [0.1, 0.15) is 0 Å². The van der Waals surface area contributed by atoms with Gasteiger partial charge in [-0.25, -0.2) is 0 Å². The topological polar surface area (TPSA) is 78.0 Å². The molecule has 2 aromatic rings. The number of hydrogen-bond donors (Lipinski definition) is 3. The van der Waals surface area contributed by atoms with Crippen molar-refractivity contribution in [2.45, 2.75) is 44.6 Å². The lowest BCUT2D eigenvalue weighted by atomic mass is 9.86. The largest absolute Gasteiger partial charge is 0.394 e. The van der Waals surface area contributed by atoms with Crippen LogP contribution in [0, 0.1) is 6.92 Å². The molecule has 1 aromatic carbocycles. The first-order valence-electron chi connectivity index (χ1n) is 8.17. The highest BCUT2D eigenvalue weighted by molar-refractivity contribution is 5.84. The minimum Gasteiger partial charge on any atom is -0.394 e. The lowest BCUT2D eigenvalue weighted by Gasteiger charge is -2.24. The highest BCUT2D eigenvalue weighted by Gasteiger charge is 2.29. The zero-order valence-electron chi connectivity index (χ0n) is 13.4. The van der Waals surface area contributed by atoms with Gasteiger partial charge in [0.05, 0.1) is 24.8 Å². The number of carbonyl (C=O) groups is 1. The molecule has 5 nitrogen and oxygen atoms in total. The Morgan fingerprint density at radius 2 is 2.30 bits per heavy atom. The smallest absolute Gasteiger partial charge is 0.227 e. The van der Waals surface area contributed by atoms with Gasteiger partial charge in [-0.2, -0.15) is 5.10 Å². The Labute approximate surface area is 136 Å². The van der Waals surface area contributed by atoms with Gasteiger partial charge in [0.15, 0.2) is 0 Å². The van der Waals surface area contributed by atoms with E-state index in [9.17, 15) is 9.90 Å². The number of nitrogens with zero attached hydrogens (tertiary/aromatic N) is 1. The molecular formula is C18H23N3O2. The van der Waals surface area contributed by atoms with Crippen LogP contribution in [0.3, 0.4) is 0 Å². The number of H-pyrrole nitrogens is 1. The Bertz CT molecular complexity index is 680. The van der Waals surface area contributed by atoms with E-state index in [4.69, 9.17) is 0 Å². The van der Waals surface area contributed by atoms with Gasteiger partial charge in [-0.15, -0.1) is 0 Å². The van der Waals surface area contributed by atoms with Crippen LogP contribution in [0.15, 0.2) is 30.5 Å². The average Bonchev–Trinajstić information content (AvgIpc) is 3.04. The van der Waals surface area contributed by atoms with Gasteiger partial charge in [-0.3, -0.25) is 9.89 Å². The van der Waals surface area contributed by atoms with Crippen molar-refractivity contribution >= 4 is 5.91 Å². The highest BCUT2D eigenvalue weighted by Crippen LogP contribution is 2.30. The molecule has 5 heteroatoms. The number of aromatic amines is 1. The van der Waals surface area contributed by atoms with Crippen molar-refractivity contribution < 1.29 is 9.90 Å². The number of aliphatic hydroxyl groups excluding tert-OH is 1. The third-order valence-corrected chi connectivity index (χ3v) is 4.66. The van der Waals surface area contributed by atoms with Crippen molar-refractivity contribution in [1.82, 2.24) is 15.5 Å². The van der Waals surface area contributed by atoms with Crippen molar-refractivity contribution in [3.8, 4) is 0 Å². The first-order chi connectivity index (χ1) is 11.2. The van der Waals surface area contributed by atoms with Crippen molar-refractivity contribution in [3.63, 3.8) is 0 Å². The predicted molar refractivity (Wildman–Crippen MR) is 88.2 cm³/mol. The zero-order valence-corrected chi connectivity index (χ0v) is 13.4. The summed E-state index contributed by atoms with van der Waals surface area (Å²) in [6.07, 6.45) is 5.16. The summed E-state index contributed by atoms with van der Waals surface area (Å²) in [5.41, 5.74) is 4.40. The lowest BCUT2D eigenvalue weighted by molar-refractivity contribution is -0.123. The third kappa shape index (κ3) is 3.45. The van der Waals surface area contributed by atoms with Crippen LogP contribution in [-0.4, -0.2) is 33.9 Å². The summed E-state index contributed by atoms with van der Waals surface area (Å²) in [5, 5.41) is 19.7. The molecule has 2 unspecified atom stereocenters. The van der Waals surface area contributed by atoms with Crippen LogP contribution < -0.4 is 5.32 Å².